The molecular weight excluding hydrogens is 456 g/mol. The Bertz CT molecular complexity index is 1270. The molecule has 9 nitrogen and oxygen atoms in total. The number of aryl methyl sites for hydroxylation is 1. The Labute approximate surface area is 200 Å². The molecule has 1 aliphatic carbocycles. The number of rotatable bonds is 7. The Hall–Kier alpha value is -3.73. The summed E-state index contributed by atoms with van der Waals surface area (Å²) in [5, 5.41) is 16.7. The molecule has 2 aliphatic heterocycles. The van der Waals surface area contributed by atoms with Crippen molar-refractivity contribution in [1.82, 2.24) is 15.0 Å². The van der Waals surface area contributed by atoms with E-state index in [1.54, 1.807) is 0 Å². The minimum atomic E-state index is -2.64. The number of allylic oxidation sites excluding steroid dienone is 2. The fraction of sp³-hybridized carbons (Fsp3) is 0.375. The van der Waals surface area contributed by atoms with Crippen molar-refractivity contribution in [2.75, 3.05) is 19.7 Å². The predicted octanol–water partition coefficient (Wildman–Crippen LogP) is 3.14. The lowest BCUT2D eigenvalue weighted by Gasteiger charge is -2.31. The van der Waals surface area contributed by atoms with Crippen LogP contribution in [0.3, 0.4) is 0 Å². The van der Waals surface area contributed by atoms with E-state index in [1.165, 1.54) is 6.21 Å². The molecule has 3 N–H and O–H groups in total. The summed E-state index contributed by atoms with van der Waals surface area (Å²) in [6.07, 6.45) is 6.76. The van der Waals surface area contributed by atoms with Crippen LogP contribution in [0, 0.1) is 6.92 Å². The molecule has 3 aliphatic rings. The third-order valence-corrected chi connectivity index (χ3v) is 6.38. The molecule has 35 heavy (non-hydrogen) atoms. The molecular formula is C24H25F2N7O2. The zero-order chi connectivity index (χ0) is 24.6. The third-order valence-electron chi connectivity index (χ3n) is 6.38. The molecule has 11 heteroatoms. The van der Waals surface area contributed by atoms with Crippen molar-refractivity contribution in [2.24, 2.45) is 20.9 Å². The fourth-order valence-corrected chi connectivity index (χ4v) is 4.45. The summed E-state index contributed by atoms with van der Waals surface area (Å²) in [5.41, 5.74) is 4.17. The number of aliphatic hydroxyl groups excluding tert-OH is 1. The van der Waals surface area contributed by atoms with Crippen LogP contribution in [0.15, 0.2) is 61.7 Å². The van der Waals surface area contributed by atoms with Gasteiger partial charge in [0.1, 0.15) is 11.5 Å². The highest BCUT2D eigenvalue weighted by Crippen LogP contribution is 2.48. The number of benzene rings is 1. The zero-order valence-electron chi connectivity index (χ0n) is 19.1. The zero-order valence-corrected chi connectivity index (χ0v) is 19.1. The second-order valence-electron chi connectivity index (χ2n) is 8.80. The van der Waals surface area contributed by atoms with E-state index < -0.39 is 11.8 Å². The van der Waals surface area contributed by atoms with Gasteiger partial charge in [-0.05, 0) is 36.3 Å². The second-order valence-corrected chi connectivity index (χ2v) is 8.80. The Kier molecular flexibility index (Phi) is 6.01. The third kappa shape index (κ3) is 4.51. The van der Waals surface area contributed by atoms with E-state index in [0.717, 1.165) is 28.1 Å². The first-order chi connectivity index (χ1) is 16.9. The van der Waals surface area contributed by atoms with Crippen LogP contribution in [0.1, 0.15) is 41.8 Å². The molecule has 0 bridgehead atoms. The highest BCUT2D eigenvalue weighted by Gasteiger charge is 2.48. The Balaban J connectivity index is 1.35. The smallest absolute Gasteiger partial charge is 0.249 e. The van der Waals surface area contributed by atoms with Gasteiger partial charge in [0.15, 0.2) is 0 Å². The molecule has 1 fully saturated rings. The van der Waals surface area contributed by atoms with Gasteiger partial charge in [-0.2, -0.15) is 10.1 Å². The Morgan fingerprint density at radius 1 is 1.37 bits per heavy atom. The molecule has 3 heterocycles. The maximum absolute atomic E-state index is 13.2. The van der Waals surface area contributed by atoms with Gasteiger partial charge in [-0.15, -0.1) is 0 Å². The van der Waals surface area contributed by atoms with E-state index in [2.05, 4.69) is 25.1 Å². The van der Waals surface area contributed by atoms with Gasteiger partial charge in [-0.3, -0.25) is 9.98 Å². The summed E-state index contributed by atoms with van der Waals surface area (Å²) in [6.45, 7) is 2.80. The molecule has 2 aromatic rings. The number of nitrogens with zero attached hydrogens (tertiary/aromatic N) is 6. The van der Waals surface area contributed by atoms with Crippen molar-refractivity contribution >= 4 is 17.8 Å². The van der Waals surface area contributed by atoms with Crippen molar-refractivity contribution in [3.63, 3.8) is 0 Å². The lowest BCUT2D eigenvalue weighted by molar-refractivity contribution is -0.0925. The van der Waals surface area contributed by atoms with Gasteiger partial charge >= 0.3 is 0 Å². The van der Waals surface area contributed by atoms with E-state index in [4.69, 9.17) is 20.5 Å². The number of nitrogens with two attached hydrogens (primary N) is 1. The SMILES string of the molecule is Cc1ccc(-c2noc(C3CC(F)(F)C3)n2)cc1C1CN=C2C=C(C(C=NCCO)=NN)C=CN21. The number of aliphatic hydroxyl groups is 1. The summed E-state index contributed by atoms with van der Waals surface area (Å²) in [5.74, 6) is 3.92. The van der Waals surface area contributed by atoms with Crippen molar-refractivity contribution in [3.05, 3.63) is 59.1 Å². The largest absolute Gasteiger partial charge is 0.394 e. The second kappa shape index (κ2) is 9.14. The molecule has 1 aromatic heterocycles. The van der Waals surface area contributed by atoms with Crippen LogP contribution in [0.5, 0.6) is 0 Å². The first-order valence-electron chi connectivity index (χ1n) is 11.3. The normalized spacial score (nSPS) is 21.8. The van der Waals surface area contributed by atoms with Gasteiger partial charge in [0.25, 0.3) is 0 Å². The molecule has 182 valence electrons. The average molecular weight is 482 g/mol. The minimum absolute atomic E-state index is 0.0305. The number of amidine groups is 1. The maximum Gasteiger partial charge on any atom is 0.249 e. The molecule has 1 saturated carbocycles. The lowest BCUT2D eigenvalue weighted by Crippen LogP contribution is -2.33. The molecule has 0 radical (unpaired) electrons. The minimum Gasteiger partial charge on any atom is -0.394 e. The molecule has 0 spiro atoms. The Morgan fingerprint density at radius 2 is 2.20 bits per heavy atom. The van der Waals surface area contributed by atoms with Crippen molar-refractivity contribution in [1.29, 1.82) is 0 Å². The monoisotopic (exact) mass is 481 g/mol. The van der Waals surface area contributed by atoms with Gasteiger partial charge in [-0.25, -0.2) is 8.78 Å². The van der Waals surface area contributed by atoms with E-state index in [9.17, 15) is 8.78 Å². The quantitative estimate of drug-likeness (QED) is 0.356. The number of hydrazone groups is 1. The van der Waals surface area contributed by atoms with Crippen molar-refractivity contribution < 1.29 is 18.4 Å². The van der Waals surface area contributed by atoms with Crippen LogP contribution in [-0.4, -0.2) is 63.5 Å². The number of alkyl halides is 2. The summed E-state index contributed by atoms with van der Waals surface area (Å²) in [4.78, 5) is 15.3. The molecule has 1 aromatic carbocycles. The van der Waals surface area contributed by atoms with Crippen LogP contribution < -0.4 is 5.84 Å². The van der Waals surface area contributed by atoms with E-state index in [-0.39, 0.29) is 37.9 Å². The number of aliphatic imine (C=N–C) groups is 2. The average Bonchev–Trinajstić information content (AvgIpc) is 3.48. The fourth-order valence-electron chi connectivity index (χ4n) is 4.45. The van der Waals surface area contributed by atoms with Gasteiger partial charge in [0.2, 0.25) is 17.6 Å². The van der Waals surface area contributed by atoms with Gasteiger partial charge in [0, 0.05) is 42.3 Å². The van der Waals surface area contributed by atoms with Gasteiger partial charge in [-0.1, -0.05) is 17.3 Å². The molecule has 5 rings (SSSR count). The van der Waals surface area contributed by atoms with Crippen LogP contribution in [-0.2, 0) is 0 Å². The summed E-state index contributed by atoms with van der Waals surface area (Å²) in [6, 6.07) is 5.86. The van der Waals surface area contributed by atoms with E-state index in [1.807, 2.05) is 43.5 Å². The summed E-state index contributed by atoms with van der Waals surface area (Å²) in [7, 11) is 0. The van der Waals surface area contributed by atoms with Gasteiger partial charge in [0.05, 0.1) is 25.7 Å². The molecule has 0 amide bonds. The maximum atomic E-state index is 13.2. The van der Waals surface area contributed by atoms with Crippen LogP contribution in [0.4, 0.5) is 8.78 Å². The summed E-state index contributed by atoms with van der Waals surface area (Å²) < 4.78 is 31.7. The molecule has 0 saturated heterocycles. The van der Waals surface area contributed by atoms with Crippen LogP contribution in [0.2, 0.25) is 0 Å². The topological polar surface area (TPSA) is 125 Å². The highest BCUT2D eigenvalue weighted by atomic mass is 19.3. The standard InChI is InChI=1S/C24H25F2N7O2/c1-14-2-3-16(22-30-23(35-32-22)17-10-24(25,26)11-17)8-18(14)20-13-29-21-9-15(4-6-33(20)21)19(31-27)12-28-5-7-34/h2-4,6,8-9,12,17,20,34H,5,7,10-11,13,27H2,1H3. The molecule has 1 unspecified atom stereocenters. The van der Waals surface area contributed by atoms with Crippen molar-refractivity contribution in [3.8, 4) is 11.4 Å². The van der Waals surface area contributed by atoms with Gasteiger partial charge < -0.3 is 20.4 Å². The molecule has 1 atom stereocenters. The van der Waals surface area contributed by atoms with Crippen LogP contribution in [0.25, 0.3) is 11.4 Å². The number of halogens is 2. The van der Waals surface area contributed by atoms with E-state index in [0.29, 0.717) is 18.1 Å². The van der Waals surface area contributed by atoms with E-state index >= 15 is 0 Å². The lowest BCUT2D eigenvalue weighted by atomic mass is 9.81. The number of hydrogen-bond donors (Lipinski definition) is 2. The van der Waals surface area contributed by atoms with Crippen LogP contribution >= 0.6 is 0 Å². The Morgan fingerprint density at radius 3 is 2.94 bits per heavy atom. The predicted molar refractivity (Wildman–Crippen MR) is 128 cm³/mol. The first-order valence-corrected chi connectivity index (χ1v) is 11.3. The first kappa shape index (κ1) is 23.0. The number of aromatic nitrogens is 2. The highest BCUT2D eigenvalue weighted by molar-refractivity contribution is 6.40. The number of fused-ring (bicyclic) bond motifs is 1. The number of hydrogen-bond acceptors (Lipinski definition) is 9. The van der Waals surface area contributed by atoms with Crippen molar-refractivity contribution in [2.45, 2.75) is 37.6 Å². The summed E-state index contributed by atoms with van der Waals surface area (Å²) >= 11 is 0.